The predicted octanol–water partition coefficient (Wildman–Crippen LogP) is 2.91. The van der Waals surface area contributed by atoms with E-state index in [2.05, 4.69) is 20.6 Å². The summed E-state index contributed by atoms with van der Waals surface area (Å²) in [4.78, 5) is 7.47. The summed E-state index contributed by atoms with van der Waals surface area (Å²) >= 11 is 0. The average Bonchev–Trinajstić information content (AvgIpc) is 2.59. The number of halogens is 3. The van der Waals surface area contributed by atoms with Gasteiger partial charge in [-0.15, -0.1) is 0 Å². The average molecular weight is 356 g/mol. The molecule has 0 aliphatic heterocycles. The molecular weight excluding hydrogens is 337 g/mol. The van der Waals surface area contributed by atoms with Gasteiger partial charge in [-0.3, -0.25) is 0 Å². The normalized spacial score (nSPS) is 12.6. The highest BCUT2D eigenvalue weighted by Gasteiger charge is 2.33. The molecule has 1 heterocycles. The first-order valence-corrected chi connectivity index (χ1v) is 7.52. The van der Waals surface area contributed by atoms with Gasteiger partial charge in [0, 0.05) is 18.7 Å². The molecule has 0 bridgehead atoms. The van der Waals surface area contributed by atoms with Crippen molar-refractivity contribution in [3.63, 3.8) is 0 Å². The van der Waals surface area contributed by atoms with Crippen LogP contribution in [-0.4, -0.2) is 34.8 Å². The molecule has 1 aromatic heterocycles. The van der Waals surface area contributed by atoms with E-state index < -0.39 is 17.9 Å². The number of aliphatic hydroxyl groups excluding tert-OH is 1. The summed E-state index contributed by atoms with van der Waals surface area (Å²) in [6.07, 6.45) is -4.60. The molecule has 6 nitrogen and oxygen atoms in total. The van der Waals surface area contributed by atoms with E-state index in [1.165, 1.54) is 7.11 Å². The van der Waals surface area contributed by atoms with Crippen LogP contribution in [0.3, 0.4) is 0 Å². The Balaban J connectivity index is 2.21. The number of aliphatic hydroxyl groups is 1. The molecule has 136 valence electrons. The minimum absolute atomic E-state index is 0.0257. The molecule has 0 unspecified atom stereocenters. The Morgan fingerprint density at radius 2 is 2.00 bits per heavy atom. The number of aromatic nitrogens is 2. The molecule has 0 radical (unpaired) electrons. The zero-order chi connectivity index (χ0) is 18.4. The highest BCUT2D eigenvalue weighted by Crippen LogP contribution is 2.30. The van der Waals surface area contributed by atoms with Gasteiger partial charge >= 0.3 is 6.18 Å². The van der Waals surface area contributed by atoms with Gasteiger partial charge in [0.1, 0.15) is 11.6 Å². The Bertz CT molecular complexity index is 710. The standard InChI is InChI=1S/C16H19F3N4O2/c1-10(9-24)21-15-22-13(16(17,18)19)7-14(23-15)20-8-11-4-3-5-12(6-11)25-2/h3-7,10,24H,8-9H2,1-2H3,(H2,20,21,22,23)/t10-/m1/s1. The van der Waals surface area contributed by atoms with Crippen LogP contribution in [0.25, 0.3) is 0 Å². The van der Waals surface area contributed by atoms with Crippen LogP contribution in [0, 0.1) is 0 Å². The Morgan fingerprint density at radius 1 is 1.24 bits per heavy atom. The van der Waals surface area contributed by atoms with Gasteiger partial charge < -0.3 is 20.5 Å². The number of anilines is 2. The fourth-order valence-corrected chi connectivity index (χ4v) is 1.99. The van der Waals surface area contributed by atoms with E-state index in [4.69, 9.17) is 9.84 Å². The maximum absolute atomic E-state index is 13.0. The molecule has 0 saturated carbocycles. The number of rotatable bonds is 7. The highest BCUT2D eigenvalue weighted by atomic mass is 19.4. The van der Waals surface area contributed by atoms with Gasteiger partial charge in [0.05, 0.1) is 13.7 Å². The number of nitrogens with zero attached hydrogens (tertiary/aromatic N) is 2. The highest BCUT2D eigenvalue weighted by molar-refractivity contribution is 5.44. The van der Waals surface area contributed by atoms with Crippen LogP contribution >= 0.6 is 0 Å². The van der Waals surface area contributed by atoms with Gasteiger partial charge in [0.2, 0.25) is 5.95 Å². The van der Waals surface area contributed by atoms with E-state index in [0.29, 0.717) is 5.75 Å². The van der Waals surface area contributed by atoms with Gasteiger partial charge in [-0.2, -0.15) is 18.2 Å². The molecular formula is C16H19F3N4O2. The van der Waals surface area contributed by atoms with Crippen LogP contribution in [0.5, 0.6) is 5.75 Å². The first-order valence-electron chi connectivity index (χ1n) is 7.52. The van der Waals surface area contributed by atoms with Crippen molar-refractivity contribution in [3.05, 3.63) is 41.6 Å². The first-order chi connectivity index (χ1) is 11.8. The fourth-order valence-electron chi connectivity index (χ4n) is 1.99. The lowest BCUT2D eigenvalue weighted by Gasteiger charge is -2.15. The molecule has 0 spiro atoms. The third-order valence-corrected chi connectivity index (χ3v) is 3.27. The van der Waals surface area contributed by atoms with E-state index in [0.717, 1.165) is 11.6 Å². The van der Waals surface area contributed by atoms with Crippen LogP contribution < -0.4 is 15.4 Å². The molecule has 2 rings (SSSR count). The number of hydrogen-bond acceptors (Lipinski definition) is 6. The summed E-state index contributed by atoms with van der Waals surface area (Å²) in [6.45, 7) is 1.61. The quantitative estimate of drug-likeness (QED) is 0.708. The van der Waals surface area contributed by atoms with Crippen molar-refractivity contribution in [2.24, 2.45) is 0 Å². The fraction of sp³-hybridized carbons (Fsp3) is 0.375. The van der Waals surface area contributed by atoms with E-state index >= 15 is 0 Å². The molecule has 9 heteroatoms. The zero-order valence-electron chi connectivity index (χ0n) is 13.8. The summed E-state index contributed by atoms with van der Waals surface area (Å²) in [5.74, 6) is 0.472. The molecule has 0 aliphatic carbocycles. The number of alkyl halides is 3. The number of benzene rings is 1. The molecule has 0 saturated heterocycles. The second kappa shape index (κ2) is 8.02. The second-order valence-electron chi connectivity index (χ2n) is 5.39. The van der Waals surface area contributed by atoms with E-state index in [-0.39, 0.29) is 24.9 Å². The second-order valence-corrected chi connectivity index (χ2v) is 5.39. The Kier molecular flexibility index (Phi) is 6.02. The van der Waals surface area contributed by atoms with Gasteiger partial charge in [-0.25, -0.2) is 4.98 Å². The van der Waals surface area contributed by atoms with Crippen LogP contribution in [0.1, 0.15) is 18.2 Å². The van der Waals surface area contributed by atoms with Crippen molar-refractivity contribution in [2.75, 3.05) is 24.4 Å². The summed E-state index contributed by atoms with van der Waals surface area (Å²) in [5, 5.41) is 14.5. The number of ether oxygens (including phenoxy) is 1. The van der Waals surface area contributed by atoms with E-state index in [9.17, 15) is 13.2 Å². The van der Waals surface area contributed by atoms with Gasteiger partial charge in [-0.1, -0.05) is 12.1 Å². The topological polar surface area (TPSA) is 79.3 Å². The maximum Gasteiger partial charge on any atom is 0.433 e. The van der Waals surface area contributed by atoms with Crippen molar-refractivity contribution in [1.29, 1.82) is 0 Å². The monoisotopic (exact) mass is 356 g/mol. The van der Waals surface area contributed by atoms with Crippen molar-refractivity contribution in [3.8, 4) is 5.75 Å². The third-order valence-electron chi connectivity index (χ3n) is 3.27. The van der Waals surface area contributed by atoms with Gasteiger partial charge in [-0.05, 0) is 24.6 Å². The lowest BCUT2D eigenvalue weighted by atomic mass is 10.2. The van der Waals surface area contributed by atoms with E-state index in [1.54, 1.807) is 25.1 Å². The summed E-state index contributed by atoms with van der Waals surface area (Å²) < 4.78 is 44.2. The lowest BCUT2D eigenvalue weighted by Crippen LogP contribution is -2.22. The number of hydrogen-bond donors (Lipinski definition) is 3. The molecule has 1 aromatic carbocycles. The van der Waals surface area contributed by atoms with E-state index in [1.807, 2.05) is 6.07 Å². The summed E-state index contributed by atoms with van der Waals surface area (Å²) in [6, 6.07) is 7.51. The van der Waals surface area contributed by atoms with Crippen molar-refractivity contribution >= 4 is 11.8 Å². The molecule has 0 amide bonds. The number of methoxy groups -OCH3 is 1. The SMILES string of the molecule is COc1cccc(CNc2cc(C(F)(F)F)nc(N[C@H](C)CO)n2)c1. The maximum atomic E-state index is 13.0. The van der Waals surface area contributed by atoms with Crippen LogP contribution in [-0.2, 0) is 12.7 Å². The predicted molar refractivity (Wildman–Crippen MR) is 87.5 cm³/mol. The van der Waals surface area contributed by atoms with Crippen molar-refractivity contribution in [1.82, 2.24) is 9.97 Å². The van der Waals surface area contributed by atoms with Crippen LogP contribution in [0.4, 0.5) is 24.9 Å². The molecule has 3 N–H and O–H groups in total. The molecule has 0 aliphatic rings. The Morgan fingerprint density at radius 3 is 2.64 bits per heavy atom. The zero-order valence-corrected chi connectivity index (χ0v) is 13.8. The van der Waals surface area contributed by atoms with Crippen LogP contribution in [0.2, 0.25) is 0 Å². The molecule has 25 heavy (non-hydrogen) atoms. The van der Waals surface area contributed by atoms with Crippen molar-refractivity contribution in [2.45, 2.75) is 25.7 Å². The molecule has 2 aromatic rings. The van der Waals surface area contributed by atoms with Crippen LogP contribution in [0.15, 0.2) is 30.3 Å². The summed E-state index contributed by atoms with van der Waals surface area (Å²) in [7, 11) is 1.53. The molecule has 1 atom stereocenters. The largest absolute Gasteiger partial charge is 0.497 e. The lowest BCUT2D eigenvalue weighted by molar-refractivity contribution is -0.141. The Hall–Kier alpha value is -2.55. The smallest absolute Gasteiger partial charge is 0.433 e. The van der Waals surface area contributed by atoms with Gasteiger partial charge in [0.15, 0.2) is 5.69 Å². The van der Waals surface area contributed by atoms with Gasteiger partial charge in [0.25, 0.3) is 0 Å². The summed E-state index contributed by atoms with van der Waals surface area (Å²) in [5.41, 5.74) is -0.243. The Labute approximate surface area is 143 Å². The van der Waals surface area contributed by atoms with Crippen molar-refractivity contribution < 1.29 is 23.0 Å². The first kappa shape index (κ1) is 18.8. The number of nitrogens with one attached hydrogen (secondary N) is 2. The molecule has 0 fully saturated rings. The minimum atomic E-state index is -4.60. The third kappa shape index (κ3) is 5.49. The minimum Gasteiger partial charge on any atom is -0.497 e.